The van der Waals surface area contributed by atoms with Gasteiger partial charge in [-0.15, -0.1) is 23.1 Å². The standard InChI is InChI=1S/C19H21N3OS2/c1-14-20-18(24-12-9-22-7-10-23-11-8-22)16-13-17(25-19(16)21-14)15-5-3-2-4-6-15/h2-6,13H,7-12H2,1H3. The number of benzene rings is 1. The predicted molar refractivity (Wildman–Crippen MR) is 106 cm³/mol. The van der Waals surface area contributed by atoms with Gasteiger partial charge in [-0.25, -0.2) is 9.97 Å². The minimum absolute atomic E-state index is 0.850. The van der Waals surface area contributed by atoms with E-state index in [2.05, 4.69) is 40.2 Å². The lowest BCUT2D eigenvalue weighted by atomic mass is 10.2. The molecule has 3 heterocycles. The van der Waals surface area contributed by atoms with E-state index in [1.807, 2.05) is 24.8 Å². The van der Waals surface area contributed by atoms with Crippen LogP contribution in [0.2, 0.25) is 0 Å². The molecule has 1 aliphatic rings. The molecule has 0 saturated carbocycles. The molecule has 1 aliphatic heterocycles. The first-order valence-electron chi connectivity index (χ1n) is 8.56. The minimum Gasteiger partial charge on any atom is -0.379 e. The largest absolute Gasteiger partial charge is 0.379 e. The van der Waals surface area contributed by atoms with Crippen molar-refractivity contribution in [2.75, 3.05) is 38.6 Å². The Labute approximate surface area is 156 Å². The van der Waals surface area contributed by atoms with Crippen LogP contribution < -0.4 is 0 Å². The molecule has 130 valence electrons. The van der Waals surface area contributed by atoms with Gasteiger partial charge in [0.2, 0.25) is 0 Å². The van der Waals surface area contributed by atoms with Gasteiger partial charge in [0.25, 0.3) is 0 Å². The number of thiophene rings is 1. The number of rotatable bonds is 5. The van der Waals surface area contributed by atoms with Crippen molar-refractivity contribution in [1.29, 1.82) is 0 Å². The number of ether oxygens (including phenoxy) is 1. The lowest BCUT2D eigenvalue weighted by Gasteiger charge is -2.26. The molecule has 0 spiro atoms. The number of thioether (sulfide) groups is 1. The third-order valence-electron chi connectivity index (χ3n) is 4.28. The van der Waals surface area contributed by atoms with E-state index >= 15 is 0 Å². The molecular weight excluding hydrogens is 350 g/mol. The van der Waals surface area contributed by atoms with Gasteiger partial charge in [0.15, 0.2) is 0 Å². The van der Waals surface area contributed by atoms with Crippen LogP contribution in [-0.4, -0.2) is 53.5 Å². The van der Waals surface area contributed by atoms with Crippen molar-refractivity contribution in [2.24, 2.45) is 0 Å². The summed E-state index contributed by atoms with van der Waals surface area (Å²) in [5.41, 5.74) is 1.24. The van der Waals surface area contributed by atoms with Gasteiger partial charge < -0.3 is 4.74 Å². The van der Waals surface area contributed by atoms with Crippen molar-refractivity contribution in [3.63, 3.8) is 0 Å². The highest BCUT2D eigenvalue weighted by molar-refractivity contribution is 7.99. The van der Waals surface area contributed by atoms with Crippen molar-refractivity contribution in [3.8, 4) is 10.4 Å². The Morgan fingerprint density at radius 2 is 1.96 bits per heavy atom. The average Bonchev–Trinajstić information content (AvgIpc) is 3.07. The Morgan fingerprint density at radius 3 is 2.76 bits per heavy atom. The van der Waals surface area contributed by atoms with Gasteiger partial charge in [0, 0.05) is 35.7 Å². The molecule has 0 radical (unpaired) electrons. The predicted octanol–water partition coefficient (Wildman–Crippen LogP) is 4.09. The second-order valence-corrected chi connectivity index (χ2v) is 8.19. The molecule has 2 aromatic heterocycles. The average molecular weight is 372 g/mol. The lowest BCUT2D eigenvalue weighted by molar-refractivity contribution is 0.0410. The van der Waals surface area contributed by atoms with Crippen LogP contribution in [0, 0.1) is 6.92 Å². The molecule has 1 saturated heterocycles. The minimum atomic E-state index is 0.850. The third-order valence-corrected chi connectivity index (χ3v) is 6.33. The number of aromatic nitrogens is 2. The van der Waals surface area contributed by atoms with Crippen LogP contribution in [-0.2, 0) is 4.74 Å². The molecule has 0 atom stereocenters. The smallest absolute Gasteiger partial charge is 0.128 e. The molecule has 0 unspecified atom stereocenters. The van der Waals surface area contributed by atoms with Crippen LogP contribution in [0.3, 0.4) is 0 Å². The van der Waals surface area contributed by atoms with E-state index in [9.17, 15) is 0 Å². The molecule has 25 heavy (non-hydrogen) atoms. The maximum atomic E-state index is 5.41. The van der Waals surface area contributed by atoms with E-state index in [1.54, 1.807) is 11.3 Å². The summed E-state index contributed by atoms with van der Waals surface area (Å²) in [6, 6.07) is 12.7. The summed E-state index contributed by atoms with van der Waals surface area (Å²) in [6.07, 6.45) is 0. The number of hydrogen-bond donors (Lipinski definition) is 0. The van der Waals surface area contributed by atoms with Gasteiger partial charge in [-0.2, -0.15) is 0 Å². The Kier molecular flexibility index (Phi) is 5.31. The van der Waals surface area contributed by atoms with E-state index in [1.165, 1.54) is 15.8 Å². The Morgan fingerprint density at radius 1 is 1.16 bits per heavy atom. The maximum absolute atomic E-state index is 5.41. The van der Waals surface area contributed by atoms with Crippen LogP contribution in [0.25, 0.3) is 20.7 Å². The van der Waals surface area contributed by atoms with E-state index in [0.29, 0.717) is 0 Å². The second-order valence-electron chi connectivity index (χ2n) is 6.07. The Bertz CT molecular complexity index is 845. The van der Waals surface area contributed by atoms with Gasteiger partial charge in [-0.05, 0) is 18.6 Å². The molecule has 3 aromatic rings. The maximum Gasteiger partial charge on any atom is 0.128 e. The topological polar surface area (TPSA) is 38.2 Å². The fourth-order valence-electron chi connectivity index (χ4n) is 2.95. The van der Waals surface area contributed by atoms with Crippen molar-refractivity contribution < 1.29 is 4.74 Å². The van der Waals surface area contributed by atoms with Crippen LogP contribution in [0.5, 0.6) is 0 Å². The lowest BCUT2D eigenvalue weighted by Crippen LogP contribution is -2.37. The third kappa shape index (κ3) is 4.03. The summed E-state index contributed by atoms with van der Waals surface area (Å²) in [7, 11) is 0. The number of nitrogens with zero attached hydrogens (tertiary/aromatic N) is 3. The van der Waals surface area contributed by atoms with Crippen LogP contribution in [0.1, 0.15) is 5.82 Å². The number of morpholine rings is 1. The SMILES string of the molecule is Cc1nc(SCCN2CCOCC2)c2cc(-c3ccccc3)sc2n1. The molecule has 0 aliphatic carbocycles. The summed E-state index contributed by atoms with van der Waals surface area (Å²) in [5.74, 6) is 1.89. The fourth-order valence-corrected chi connectivity index (χ4v) is 5.15. The molecule has 6 heteroatoms. The van der Waals surface area contributed by atoms with Gasteiger partial charge >= 0.3 is 0 Å². The van der Waals surface area contributed by atoms with Crippen molar-refractivity contribution in [1.82, 2.24) is 14.9 Å². The van der Waals surface area contributed by atoms with Gasteiger partial charge in [0.1, 0.15) is 15.7 Å². The monoisotopic (exact) mass is 371 g/mol. The van der Waals surface area contributed by atoms with E-state index < -0.39 is 0 Å². The summed E-state index contributed by atoms with van der Waals surface area (Å²) in [6.45, 7) is 6.84. The first kappa shape index (κ1) is 17.0. The normalized spacial score (nSPS) is 15.7. The fraction of sp³-hybridized carbons (Fsp3) is 0.368. The Hall–Kier alpha value is -1.47. The van der Waals surface area contributed by atoms with Crippen molar-refractivity contribution >= 4 is 33.3 Å². The molecule has 4 rings (SSSR count). The second kappa shape index (κ2) is 7.83. The summed E-state index contributed by atoms with van der Waals surface area (Å²) < 4.78 is 5.41. The molecule has 1 aromatic carbocycles. The highest BCUT2D eigenvalue weighted by Gasteiger charge is 2.14. The Balaban J connectivity index is 1.54. The van der Waals surface area contributed by atoms with E-state index in [-0.39, 0.29) is 0 Å². The first-order valence-corrected chi connectivity index (χ1v) is 10.4. The van der Waals surface area contributed by atoms with Crippen molar-refractivity contribution in [3.05, 3.63) is 42.2 Å². The highest BCUT2D eigenvalue weighted by atomic mass is 32.2. The van der Waals surface area contributed by atoms with Crippen LogP contribution in [0.15, 0.2) is 41.4 Å². The molecule has 0 N–H and O–H groups in total. The molecule has 0 amide bonds. The number of hydrogen-bond acceptors (Lipinski definition) is 6. The first-order chi connectivity index (χ1) is 12.3. The van der Waals surface area contributed by atoms with E-state index in [0.717, 1.165) is 54.3 Å². The quantitative estimate of drug-likeness (QED) is 0.499. The molecule has 1 fully saturated rings. The van der Waals surface area contributed by atoms with Crippen LogP contribution >= 0.6 is 23.1 Å². The van der Waals surface area contributed by atoms with Gasteiger partial charge in [0.05, 0.1) is 13.2 Å². The molecular formula is C19H21N3OS2. The highest BCUT2D eigenvalue weighted by Crippen LogP contribution is 2.36. The van der Waals surface area contributed by atoms with Crippen LogP contribution in [0.4, 0.5) is 0 Å². The summed E-state index contributed by atoms with van der Waals surface area (Å²) in [5, 5.41) is 2.29. The number of fused-ring (bicyclic) bond motifs is 1. The van der Waals surface area contributed by atoms with Gasteiger partial charge in [-0.1, -0.05) is 30.3 Å². The van der Waals surface area contributed by atoms with Crippen molar-refractivity contribution in [2.45, 2.75) is 11.9 Å². The summed E-state index contributed by atoms with van der Waals surface area (Å²) in [4.78, 5) is 14.2. The summed E-state index contributed by atoms with van der Waals surface area (Å²) >= 11 is 3.59. The zero-order valence-corrected chi connectivity index (χ0v) is 15.9. The van der Waals surface area contributed by atoms with E-state index in [4.69, 9.17) is 9.72 Å². The zero-order chi connectivity index (χ0) is 17.1. The number of aryl methyl sites for hydroxylation is 1. The molecule has 4 nitrogen and oxygen atoms in total. The molecule has 0 bridgehead atoms. The van der Waals surface area contributed by atoms with Gasteiger partial charge in [-0.3, -0.25) is 4.90 Å². The zero-order valence-electron chi connectivity index (χ0n) is 14.3.